The van der Waals surface area contributed by atoms with Crippen molar-refractivity contribution in [1.82, 2.24) is 4.98 Å². The Hall–Kier alpha value is -2.82. The fraction of sp³-hybridized carbons (Fsp3) is 0.222. The van der Waals surface area contributed by atoms with Crippen molar-refractivity contribution in [3.05, 3.63) is 60.5 Å². The maximum Gasteiger partial charge on any atom is 0.305 e. The molecule has 0 radical (unpaired) electrons. The molecule has 1 heterocycles. The topological polar surface area (TPSA) is 61.6 Å². The second-order valence-electron chi connectivity index (χ2n) is 4.72. The molecule has 120 valence electrons. The lowest BCUT2D eigenvalue weighted by Crippen LogP contribution is -2.01. The van der Waals surface area contributed by atoms with Gasteiger partial charge >= 0.3 is 5.97 Å². The monoisotopic (exact) mass is 313 g/mol. The average Bonchev–Trinajstić information content (AvgIpc) is 3.05. The molecule has 0 amide bonds. The van der Waals surface area contributed by atoms with Crippen LogP contribution in [-0.4, -0.2) is 25.2 Å². The van der Waals surface area contributed by atoms with Crippen LogP contribution in [0.4, 0.5) is 0 Å². The molecule has 0 saturated carbocycles. The Bertz CT molecular complexity index is 680. The lowest BCUT2D eigenvalue weighted by atomic mass is 10.2. The molecule has 0 spiro atoms. The zero-order valence-electron chi connectivity index (χ0n) is 13.2. The molecule has 2 rings (SSSR count). The standard InChI is InChI=1S/C18H19NO4/c1-21-16-9-5-3-7-14(8-4-6-10-16)18-19-15(13-23-18)11-12-17(20)22-2/h3-10,13H,11-12H2,1-2H3. The van der Waals surface area contributed by atoms with Crippen molar-refractivity contribution in [2.75, 3.05) is 14.2 Å². The van der Waals surface area contributed by atoms with Crippen LogP contribution < -0.4 is 4.74 Å². The van der Waals surface area contributed by atoms with Crippen molar-refractivity contribution in [3.63, 3.8) is 0 Å². The number of methoxy groups -OCH3 is 2. The second-order valence-corrected chi connectivity index (χ2v) is 4.72. The summed E-state index contributed by atoms with van der Waals surface area (Å²) in [5.74, 6) is 1.01. The normalized spacial score (nSPS) is 9.83. The number of nitrogens with zero attached hydrogens (tertiary/aromatic N) is 1. The van der Waals surface area contributed by atoms with Gasteiger partial charge in [-0.05, 0) is 24.3 Å². The average molecular weight is 313 g/mol. The first-order chi connectivity index (χ1) is 11.2. The fourth-order valence-corrected chi connectivity index (χ4v) is 1.90. The van der Waals surface area contributed by atoms with Crippen molar-refractivity contribution in [2.45, 2.75) is 12.8 Å². The predicted molar refractivity (Wildman–Crippen MR) is 86.5 cm³/mol. The minimum Gasteiger partial charge on any atom is -0.497 e. The largest absolute Gasteiger partial charge is 0.497 e. The van der Waals surface area contributed by atoms with E-state index in [0.29, 0.717) is 12.3 Å². The maximum absolute atomic E-state index is 11.2. The van der Waals surface area contributed by atoms with Crippen LogP contribution >= 0.6 is 0 Å². The number of hydrogen-bond acceptors (Lipinski definition) is 5. The van der Waals surface area contributed by atoms with Gasteiger partial charge in [0.05, 0.1) is 26.3 Å². The van der Waals surface area contributed by atoms with E-state index in [2.05, 4.69) is 9.72 Å². The van der Waals surface area contributed by atoms with Gasteiger partial charge in [-0.1, -0.05) is 24.3 Å². The molecule has 2 aromatic rings. The first-order valence-electron chi connectivity index (χ1n) is 7.22. The highest BCUT2D eigenvalue weighted by Gasteiger charge is 2.08. The summed E-state index contributed by atoms with van der Waals surface area (Å²) in [5, 5.41) is 0. The molecule has 0 N–H and O–H groups in total. The quantitative estimate of drug-likeness (QED) is 0.790. The van der Waals surface area contributed by atoms with Crippen molar-refractivity contribution >= 4 is 5.97 Å². The first kappa shape index (κ1) is 16.5. The van der Waals surface area contributed by atoms with Crippen LogP contribution in [0.15, 0.2) is 59.2 Å². The van der Waals surface area contributed by atoms with Gasteiger partial charge in [0.25, 0.3) is 0 Å². The van der Waals surface area contributed by atoms with Gasteiger partial charge in [-0.25, -0.2) is 4.98 Å². The molecular weight excluding hydrogens is 294 g/mol. The summed E-state index contributed by atoms with van der Waals surface area (Å²) in [6.07, 6.45) is 2.34. The molecule has 0 fully saturated rings. The molecule has 0 atom stereocenters. The summed E-state index contributed by atoms with van der Waals surface area (Å²) in [6.45, 7) is 0. The second kappa shape index (κ2) is 8.58. The fourth-order valence-electron chi connectivity index (χ4n) is 1.90. The molecule has 0 bridgehead atoms. The highest BCUT2D eigenvalue weighted by atomic mass is 16.5. The van der Waals surface area contributed by atoms with Crippen LogP contribution in [0.1, 0.15) is 12.1 Å². The van der Waals surface area contributed by atoms with Gasteiger partial charge in [0.1, 0.15) is 12.0 Å². The van der Waals surface area contributed by atoms with E-state index < -0.39 is 0 Å². The molecule has 23 heavy (non-hydrogen) atoms. The number of ether oxygens (including phenoxy) is 2. The lowest BCUT2D eigenvalue weighted by molar-refractivity contribution is -0.140. The number of hydrogen-bond donors (Lipinski definition) is 0. The van der Waals surface area contributed by atoms with Crippen LogP contribution in [0.2, 0.25) is 0 Å². The molecule has 0 aliphatic carbocycles. The third kappa shape index (κ3) is 5.14. The van der Waals surface area contributed by atoms with E-state index in [-0.39, 0.29) is 12.4 Å². The Balaban J connectivity index is 2.21. The van der Waals surface area contributed by atoms with Crippen LogP contribution in [0.25, 0.3) is 11.5 Å². The number of aromatic nitrogens is 1. The van der Waals surface area contributed by atoms with Crippen molar-refractivity contribution in [3.8, 4) is 17.2 Å². The Morgan fingerprint density at radius 2 is 1.74 bits per heavy atom. The Morgan fingerprint density at radius 3 is 2.35 bits per heavy atom. The minimum absolute atomic E-state index is 0.263. The summed E-state index contributed by atoms with van der Waals surface area (Å²) in [4.78, 5) is 15.6. The SMILES string of the molecule is COC(=O)CCc1coc(-c2ccccc(OC)cccc2)n1. The zero-order valence-corrected chi connectivity index (χ0v) is 13.2. The van der Waals surface area contributed by atoms with E-state index in [9.17, 15) is 4.79 Å². The van der Waals surface area contributed by atoms with E-state index in [1.54, 1.807) is 13.4 Å². The third-order valence-electron chi connectivity index (χ3n) is 3.14. The van der Waals surface area contributed by atoms with Gasteiger partial charge in [0.15, 0.2) is 0 Å². The summed E-state index contributed by atoms with van der Waals surface area (Å²) in [7, 11) is 3.00. The maximum atomic E-state index is 11.2. The molecule has 5 heteroatoms. The van der Waals surface area contributed by atoms with E-state index in [1.807, 2.05) is 48.5 Å². The highest BCUT2D eigenvalue weighted by molar-refractivity contribution is 5.69. The van der Waals surface area contributed by atoms with Gasteiger partial charge < -0.3 is 13.9 Å². The number of carbonyl (C=O) groups is 1. The number of esters is 1. The van der Waals surface area contributed by atoms with Gasteiger partial charge in [-0.3, -0.25) is 4.79 Å². The molecule has 1 aromatic heterocycles. The van der Waals surface area contributed by atoms with Crippen molar-refractivity contribution < 1.29 is 18.7 Å². The van der Waals surface area contributed by atoms with Crippen LogP contribution in [0.5, 0.6) is 5.75 Å². The van der Waals surface area contributed by atoms with Gasteiger partial charge in [-0.15, -0.1) is 0 Å². The molecular formula is C18H19NO4. The van der Waals surface area contributed by atoms with E-state index >= 15 is 0 Å². The van der Waals surface area contributed by atoms with Crippen LogP contribution in [0, 0.1) is 0 Å². The highest BCUT2D eigenvalue weighted by Crippen LogP contribution is 2.18. The Kier molecular flexibility index (Phi) is 6.17. The zero-order chi connectivity index (χ0) is 16.5. The third-order valence-corrected chi connectivity index (χ3v) is 3.14. The summed E-state index contributed by atoms with van der Waals surface area (Å²) >= 11 is 0. The minimum atomic E-state index is -0.263. The number of aryl methyl sites for hydroxylation is 1. The molecule has 1 aromatic carbocycles. The summed E-state index contributed by atoms with van der Waals surface area (Å²) < 4.78 is 15.3. The van der Waals surface area contributed by atoms with Crippen molar-refractivity contribution in [1.29, 1.82) is 0 Å². The number of rotatable bonds is 5. The van der Waals surface area contributed by atoms with Gasteiger partial charge in [0, 0.05) is 12.0 Å². The van der Waals surface area contributed by atoms with E-state index in [0.717, 1.165) is 17.0 Å². The summed E-state index contributed by atoms with van der Waals surface area (Å²) in [5.41, 5.74) is 1.56. The molecule has 0 aliphatic rings. The molecule has 0 aliphatic heterocycles. The number of carbonyl (C=O) groups excluding carboxylic acids is 1. The predicted octanol–water partition coefficient (Wildman–Crippen LogP) is 3.58. The smallest absolute Gasteiger partial charge is 0.305 e. The molecule has 5 nitrogen and oxygen atoms in total. The van der Waals surface area contributed by atoms with Gasteiger partial charge in [-0.2, -0.15) is 0 Å². The van der Waals surface area contributed by atoms with E-state index in [1.165, 1.54) is 7.11 Å². The van der Waals surface area contributed by atoms with Crippen LogP contribution in [-0.2, 0) is 16.0 Å². The molecule has 0 saturated heterocycles. The van der Waals surface area contributed by atoms with E-state index in [4.69, 9.17) is 9.15 Å². The Morgan fingerprint density at radius 1 is 1.09 bits per heavy atom. The summed E-state index contributed by atoms with van der Waals surface area (Å²) in [6, 6.07) is 15.0. The van der Waals surface area contributed by atoms with Crippen molar-refractivity contribution in [2.24, 2.45) is 0 Å². The number of oxazole rings is 1. The molecule has 0 unspecified atom stereocenters. The first-order valence-corrected chi connectivity index (χ1v) is 7.22. The van der Waals surface area contributed by atoms with Crippen LogP contribution in [0.3, 0.4) is 0 Å². The Labute approximate surface area is 135 Å². The lowest BCUT2D eigenvalue weighted by Gasteiger charge is -1.95. The van der Waals surface area contributed by atoms with Gasteiger partial charge in [0.2, 0.25) is 5.89 Å².